The normalized spacial score (nSPS) is 17.7. The number of hydrogen-bond donors (Lipinski definition) is 0. The van der Waals surface area contributed by atoms with Crippen molar-refractivity contribution >= 4 is 11.8 Å². The Labute approximate surface area is 171 Å². The molecule has 0 radical (unpaired) electrons. The molecule has 0 saturated carbocycles. The van der Waals surface area contributed by atoms with E-state index in [4.69, 9.17) is 0 Å². The minimum atomic E-state index is 0.183. The van der Waals surface area contributed by atoms with Crippen LogP contribution in [-0.4, -0.2) is 82.1 Å². The average Bonchev–Trinajstić information content (AvgIpc) is 3.45. The number of para-hydroxylation sites is 1. The Bertz CT molecular complexity index is 821. The van der Waals surface area contributed by atoms with Crippen molar-refractivity contribution in [2.45, 2.75) is 25.7 Å². The lowest BCUT2D eigenvalue weighted by Gasteiger charge is -2.35. The summed E-state index contributed by atoms with van der Waals surface area (Å²) in [6.07, 6.45) is 7.26. The van der Waals surface area contributed by atoms with E-state index in [-0.39, 0.29) is 11.8 Å². The molecule has 0 spiro atoms. The van der Waals surface area contributed by atoms with E-state index in [1.165, 1.54) is 0 Å². The highest BCUT2D eigenvalue weighted by Crippen LogP contribution is 2.12. The van der Waals surface area contributed by atoms with E-state index in [9.17, 15) is 9.59 Å². The largest absolute Gasteiger partial charge is 0.342 e. The average molecular weight is 396 g/mol. The van der Waals surface area contributed by atoms with Gasteiger partial charge in [0.1, 0.15) is 0 Å². The number of rotatable bonds is 6. The fraction of sp³-hybridized carbons (Fsp3) is 0.500. The highest BCUT2D eigenvalue weighted by molar-refractivity contribution is 5.79. The molecule has 2 aliphatic heterocycles. The lowest BCUT2D eigenvalue weighted by molar-refractivity contribution is -0.134. The summed E-state index contributed by atoms with van der Waals surface area (Å²) < 4.78 is 1.84. The fourth-order valence-electron chi connectivity index (χ4n) is 4.03. The van der Waals surface area contributed by atoms with E-state index in [1.54, 1.807) is 0 Å². The maximum atomic E-state index is 12.6. The lowest BCUT2D eigenvalue weighted by Crippen LogP contribution is -2.51. The van der Waals surface area contributed by atoms with Crippen LogP contribution in [0, 0.1) is 0 Å². The summed E-state index contributed by atoms with van der Waals surface area (Å²) in [5.41, 5.74) is 2.08. The number of aromatic nitrogens is 2. The van der Waals surface area contributed by atoms with Gasteiger partial charge in [0.05, 0.1) is 18.4 Å². The molecular formula is C22H29N5O2. The number of carbonyl (C=O) groups excluding carboxylic acids is 2. The quantitative estimate of drug-likeness (QED) is 0.745. The van der Waals surface area contributed by atoms with E-state index in [0.29, 0.717) is 32.5 Å². The fourth-order valence-corrected chi connectivity index (χ4v) is 4.03. The lowest BCUT2D eigenvalue weighted by atomic mass is 10.1. The smallest absolute Gasteiger partial charge is 0.236 e. The van der Waals surface area contributed by atoms with Crippen LogP contribution in [0.2, 0.25) is 0 Å². The zero-order chi connectivity index (χ0) is 20.1. The minimum Gasteiger partial charge on any atom is -0.342 e. The van der Waals surface area contributed by atoms with E-state index in [2.05, 4.69) is 10.00 Å². The molecule has 2 amide bonds. The molecule has 2 saturated heterocycles. The number of amides is 2. The highest BCUT2D eigenvalue weighted by atomic mass is 16.2. The first-order chi connectivity index (χ1) is 14.2. The van der Waals surface area contributed by atoms with Crippen molar-refractivity contribution in [2.24, 2.45) is 0 Å². The van der Waals surface area contributed by atoms with Gasteiger partial charge in [-0.25, -0.2) is 4.68 Å². The van der Waals surface area contributed by atoms with Gasteiger partial charge in [0.25, 0.3) is 0 Å². The van der Waals surface area contributed by atoms with Crippen molar-refractivity contribution in [1.29, 1.82) is 0 Å². The molecule has 4 rings (SSSR count). The SMILES string of the molecule is O=C(CCc1cnn(-c2ccccc2)c1)N1CCN(CC(=O)N2CCCC2)CC1. The van der Waals surface area contributed by atoms with Crippen LogP contribution in [-0.2, 0) is 16.0 Å². The van der Waals surface area contributed by atoms with E-state index in [0.717, 1.165) is 50.3 Å². The topological polar surface area (TPSA) is 61.7 Å². The molecule has 0 bridgehead atoms. The van der Waals surface area contributed by atoms with Crippen molar-refractivity contribution in [3.05, 3.63) is 48.3 Å². The van der Waals surface area contributed by atoms with Gasteiger partial charge in [-0.05, 0) is 37.0 Å². The number of aryl methyl sites for hydroxylation is 1. The van der Waals surface area contributed by atoms with Gasteiger partial charge < -0.3 is 9.80 Å². The third-order valence-electron chi connectivity index (χ3n) is 5.83. The molecule has 1 aromatic carbocycles. The van der Waals surface area contributed by atoms with Gasteiger partial charge in [-0.15, -0.1) is 0 Å². The predicted octanol–water partition coefficient (Wildman–Crippen LogP) is 1.57. The Morgan fingerprint density at radius 1 is 0.862 bits per heavy atom. The van der Waals surface area contributed by atoms with Crippen LogP contribution in [0.5, 0.6) is 0 Å². The Balaban J connectivity index is 1.20. The van der Waals surface area contributed by atoms with E-state index in [1.807, 2.05) is 57.2 Å². The van der Waals surface area contributed by atoms with E-state index >= 15 is 0 Å². The van der Waals surface area contributed by atoms with Gasteiger partial charge in [0.15, 0.2) is 0 Å². The number of likely N-dealkylation sites (tertiary alicyclic amines) is 1. The molecule has 2 aromatic rings. The van der Waals surface area contributed by atoms with Crippen LogP contribution in [0.1, 0.15) is 24.8 Å². The maximum absolute atomic E-state index is 12.6. The second-order valence-electron chi connectivity index (χ2n) is 7.87. The van der Waals surface area contributed by atoms with E-state index < -0.39 is 0 Å². The summed E-state index contributed by atoms with van der Waals surface area (Å²) in [4.78, 5) is 30.9. The molecule has 0 N–H and O–H groups in total. The zero-order valence-corrected chi connectivity index (χ0v) is 16.9. The van der Waals surface area contributed by atoms with Gasteiger partial charge >= 0.3 is 0 Å². The molecule has 1 aromatic heterocycles. The Kier molecular flexibility index (Phi) is 6.24. The Hall–Kier alpha value is -2.67. The maximum Gasteiger partial charge on any atom is 0.236 e. The summed E-state index contributed by atoms with van der Waals surface area (Å²) in [7, 11) is 0. The molecule has 0 unspecified atom stereocenters. The first-order valence-corrected chi connectivity index (χ1v) is 10.6. The van der Waals surface area contributed by atoms with Gasteiger partial charge in [-0.1, -0.05) is 18.2 Å². The van der Waals surface area contributed by atoms with Gasteiger partial charge in [-0.2, -0.15) is 5.10 Å². The van der Waals surface area contributed by atoms with Crippen molar-refractivity contribution in [1.82, 2.24) is 24.5 Å². The van der Waals surface area contributed by atoms with Crippen LogP contribution in [0.4, 0.5) is 0 Å². The molecule has 154 valence electrons. The van der Waals surface area contributed by atoms with Crippen molar-refractivity contribution in [2.75, 3.05) is 45.8 Å². The molecule has 2 fully saturated rings. The number of hydrogen-bond acceptors (Lipinski definition) is 4. The standard InChI is InChI=1S/C22H29N5O2/c28-21(9-8-19-16-23-27(17-19)20-6-2-1-3-7-20)26-14-12-24(13-15-26)18-22(29)25-10-4-5-11-25/h1-3,6-7,16-17H,4-5,8-15,18H2. The Morgan fingerprint density at radius 3 is 2.28 bits per heavy atom. The molecule has 2 aliphatic rings. The molecule has 29 heavy (non-hydrogen) atoms. The second-order valence-corrected chi connectivity index (χ2v) is 7.87. The Morgan fingerprint density at radius 2 is 1.55 bits per heavy atom. The molecular weight excluding hydrogens is 366 g/mol. The van der Waals surface area contributed by atoms with Crippen LogP contribution in [0.3, 0.4) is 0 Å². The van der Waals surface area contributed by atoms with Gasteiger partial charge in [0.2, 0.25) is 11.8 Å². The summed E-state index contributed by atoms with van der Waals surface area (Å²) >= 11 is 0. The summed E-state index contributed by atoms with van der Waals surface area (Å²) in [6.45, 7) is 5.25. The highest BCUT2D eigenvalue weighted by Gasteiger charge is 2.25. The summed E-state index contributed by atoms with van der Waals surface area (Å²) in [5.74, 6) is 0.417. The summed E-state index contributed by atoms with van der Waals surface area (Å²) in [5, 5.41) is 4.40. The van der Waals surface area contributed by atoms with Crippen LogP contribution in [0.15, 0.2) is 42.7 Å². The molecule has 0 atom stereocenters. The van der Waals surface area contributed by atoms with Crippen LogP contribution < -0.4 is 0 Å². The van der Waals surface area contributed by atoms with Crippen molar-refractivity contribution in [3.8, 4) is 5.69 Å². The first kappa shape index (κ1) is 19.6. The number of piperazine rings is 1. The number of benzene rings is 1. The number of carbonyl (C=O) groups is 2. The third kappa shape index (κ3) is 5.03. The van der Waals surface area contributed by atoms with Crippen molar-refractivity contribution < 1.29 is 9.59 Å². The van der Waals surface area contributed by atoms with Crippen LogP contribution >= 0.6 is 0 Å². The molecule has 7 heteroatoms. The second kappa shape index (κ2) is 9.22. The molecule has 7 nitrogen and oxygen atoms in total. The molecule has 3 heterocycles. The number of nitrogens with zero attached hydrogens (tertiary/aromatic N) is 5. The third-order valence-corrected chi connectivity index (χ3v) is 5.83. The van der Waals surface area contributed by atoms with Gasteiger partial charge in [0, 0.05) is 51.9 Å². The predicted molar refractivity (Wildman–Crippen MR) is 111 cm³/mol. The van der Waals surface area contributed by atoms with Crippen molar-refractivity contribution in [3.63, 3.8) is 0 Å². The molecule has 0 aliphatic carbocycles. The first-order valence-electron chi connectivity index (χ1n) is 10.6. The van der Waals surface area contributed by atoms with Crippen LogP contribution in [0.25, 0.3) is 5.69 Å². The monoisotopic (exact) mass is 395 g/mol. The summed E-state index contributed by atoms with van der Waals surface area (Å²) in [6, 6.07) is 9.97. The zero-order valence-electron chi connectivity index (χ0n) is 16.9. The van der Waals surface area contributed by atoms with Gasteiger partial charge in [-0.3, -0.25) is 14.5 Å². The minimum absolute atomic E-state index is 0.183.